The number of nitrogens with zero attached hydrogens (tertiary/aromatic N) is 2. The number of pyridine rings is 2. The van der Waals surface area contributed by atoms with Crippen molar-refractivity contribution in [3.63, 3.8) is 0 Å². The molecule has 162 valence electrons. The molecule has 0 bridgehead atoms. The SMILES string of the molecule is CNc1cnccc1C1CCCC(C)C1.Cc1ccc(F)c(-c2cccc(C=O)n2)c1. The van der Waals surface area contributed by atoms with Crippen LogP contribution in [0.5, 0.6) is 0 Å². The Morgan fingerprint density at radius 2 is 2.00 bits per heavy atom. The maximum atomic E-state index is 13.6. The number of hydrogen-bond donors (Lipinski definition) is 1. The van der Waals surface area contributed by atoms with Gasteiger partial charge < -0.3 is 5.32 Å². The highest BCUT2D eigenvalue weighted by Gasteiger charge is 2.22. The lowest BCUT2D eigenvalue weighted by Crippen LogP contribution is -2.13. The number of carbonyl (C=O) groups is 1. The van der Waals surface area contributed by atoms with Gasteiger partial charge in [-0.05, 0) is 67.5 Å². The van der Waals surface area contributed by atoms with Crippen LogP contribution in [0.15, 0.2) is 54.9 Å². The van der Waals surface area contributed by atoms with E-state index in [4.69, 9.17) is 0 Å². The highest BCUT2D eigenvalue weighted by molar-refractivity contribution is 5.74. The number of carbonyl (C=O) groups excluding carboxylic acids is 1. The van der Waals surface area contributed by atoms with E-state index in [1.165, 1.54) is 43.0 Å². The topological polar surface area (TPSA) is 54.9 Å². The van der Waals surface area contributed by atoms with Crippen molar-refractivity contribution in [2.24, 2.45) is 5.92 Å². The van der Waals surface area contributed by atoms with Gasteiger partial charge in [-0.3, -0.25) is 9.78 Å². The zero-order valence-electron chi connectivity index (χ0n) is 18.4. The van der Waals surface area contributed by atoms with Crippen molar-refractivity contribution in [1.82, 2.24) is 9.97 Å². The monoisotopic (exact) mass is 419 g/mol. The minimum absolute atomic E-state index is 0.304. The van der Waals surface area contributed by atoms with Crippen LogP contribution in [0.1, 0.15) is 60.1 Å². The van der Waals surface area contributed by atoms with Crippen LogP contribution >= 0.6 is 0 Å². The lowest BCUT2D eigenvalue weighted by molar-refractivity contribution is 0.111. The molecule has 2 unspecified atom stereocenters. The van der Waals surface area contributed by atoms with Crippen molar-refractivity contribution >= 4 is 12.0 Å². The van der Waals surface area contributed by atoms with Crippen molar-refractivity contribution in [3.8, 4) is 11.3 Å². The minimum Gasteiger partial charge on any atom is -0.387 e. The normalized spacial score (nSPS) is 17.9. The predicted molar refractivity (Wildman–Crippen MR) is 124 cm³/mol. The molecule has 1 aromatic carbocycles. The Bertz CT molecular complexity index is 1020. The molecule has 1 fully saturated rings. The van der Waals surface area contributed by atoms with Crippen LogP contribution in [-0.4, -0.2) is 23.3 Å². The molecule has 2 aromatic heterocycles. The van der Waals surface area contributed by atoms with Crippen molar-refractivity contribution in [2.75, 3.05) is 12.4 Å². The van der Waals surface area contributed by atoms with E-state index in [1.807, 2.05) is 26.4 Å². The van der Waals surface area contributed by atoms with E-state index in [-0.39, 0.29) is 5.82 Å². The Morgan fingerprint density at radius 1 is 1.16 bits per heavy atom. The van der Waals surface area contributed by atoms with Crippen molar-refractivity contribution in [1.29, 1.82) is 0 Å². The minimum atomic E-state index is -0.332. The van der Waals surface area contributed by atoms with Crippen LogP contribution < -0.4 is 5.32 Å². The second-order valence-electron chi connectivity index (χ2n) is 8.23. The number of aldehydes is 1. The molecule has 2 atom stereocenters. The first-order valence-corrected chi connectivity index (χ1v) is 10.8. The van der Waals surface area contributed by atoms with Gasteiger partial charge in [-0.2, -0.15) is 0 Å². The van der Waals surface area contributed by atoms with Gasteiger partial charge in [0.15, 0.2) is 6.29 Å². The van der Waals surface area contributed by atoms with E-state index in [9.17, 15) is 9.18 Å². The van der Waals surface area contributed by atoms with Gasteiger partial charge in [0.2, 0.25) is 0 Å². The Labute approximate surface area is 184 Å². The molecule has 5 heteroatoms. The second-order valence-corrected chi connectivity index (χ2v) is 8.23. The van der Waals surface area contributed by atoms with E-state index in [2.05, 4.69) is 28.3 Å². The highest BCUT2D eigenvalue weighted by Crippen LogP contribution is 2.38. The van der Waals surface area contributed by atoms with Crippen LogP contribution in [0.2, 0.25) is 0 Å². The van der Waals surface area contributed by atoms with Gasteiger partial charge in [0, 0.05) is 18.8 Å². The fourth-order valence-corrected chi connectivity index (χ4v) is 4.19. The molecular weight excluding hydrogens is 389 g/mol. The maximum Gasteiger partial charge on any atom is 0.168 e. The molecule has 0 radical (unpaired) electrons. The summed E-state index contributed by atoms with van der Waals surface area (Å²) in [6.45, 7) is 4.25. The largest absolute Gasteiger partial charge is 0.387 e. The van der Waals surface area contributed by atoms with Crippen molar-refractivity contribution < 1.29 is 9.18 Å². The molecule has 0 saturated heterocycles. The summed E-state index contributed by atoms with van der Waals surface area (Å²) >= 11 is 0. The second kappa shape index (κ2) is 10.8. The van der Waals surface area contributed by atoms with Gasteiger partial charge in [-0.25, -0.2) is 9.37 Å². The average Bonchev–Trinajstić information content (AvgIpc) is 2.81. The summed E-state index contributed by atoms with van der Waals surface area (Å²) in [5.41, 5.74) is 4.82. The molecule has 1 aliphatic rings. The Morgan fingerprint density at radius 3 is 2.74 bits per heavy atom. The predicted octanol–water partition coefficient (Wildman–Crippen LogP) is 6.43. The van der Waals surface area contributed by atoms with E-state index in [0.717, 1.165) is 17.4 Å². The van der Waals surface area contributed by atoms with E-state index >= 15 is 0 Å². The van der Waals surface area contributed by atoms with Crippen LogP contribution in [0.25, 0.3) is 11.3 Å². The molecule has 1 aliphatic carbocycles. The molecule has 1 saturated carbocycles. The van der Waals surface area contributed by atoms with Gasteiger partial charge in [-0.1, -0.05) is 37.5 Å². The Kier molecular flexibility index (Phi) is 7.88. The van der Waals surface area contributed by atoms with Crippen LogP contribution in [0, 0.1) is 18.7 Å². The summed E-state index contributed by atoms with van der Waals surface area (Å²) in [7, 11) is 1.98. The lowest BCUT2D eigenvalue weighted by atomic mass is 9.78. The van der Waals surface area contributed by atoms with Gasteiger partial charge in [-0.15, -0.1) is 0 Å². The van der Waals surface area contributed by atoms with Crippen molar-refractivity contribution in [2.45, 2.75) is 45.4 Å². The molecule has 0 aliphatic heterocycles. The van der Waals surface area contributed by atoms with Gasteiger partial charge in [0.1, 0.15) is 11.5 Å². The number of nitrogens with one attached hydrogen (secondary N) is 1. The number of rotatable bonds is 4. The summed E-state index contributed by atoms with van der Waals surface area (Å²) < 4.78 is 13.6. The zero-order valence-corrected chi connectivity index (χ0v) is 18.4. The molecule has 3 aromatic rings. The standard InChI is InChI=1S/C13H10FNO.C13H20N2/c1-9-5-6-12(14)11(7-9)13-4-2-3-10(8-16)15-13;1-10-4-3-5-11(8-10)12-6-7-15-9-13(12)14-2/h2-8H,1H3;6-7,9-11,14H,3-5,8H2,1-2H3. The van der Waals surface area contributed by atoms with Crippen LogP contribution in [0.3, 0.4) is 0 Å². The van der Waals surface area contributed by atoms with Gasteiger partial charge in [0.25, 0.3) is 0 Å². The van der Waals surface area contributed by atoms with Crippen molar-refractivity contribution in [3.05, 3.63) is 77.5 Å². The third-order valence-electron chi connectivity index (χ3n) is 5.79. The number of anilines is 1. The lowest BCUT2D eigenvalue weighted by Gasteiger charge is -2.28. The third kappa shape index (κ3) is 5.97. The van der Waals surface area contributed by atoms with E-state index in [1.54, 1.807) is 30.3 Å². The van der Waals surface area contributed by atoms with Crippen LogP contribution in [-0.2, 0) is 0 Å². The van der Waals surface area contributed by atoms with Crippen LogP contribution in [0.4, 0.5) is 10.1 Å². The average molecular weight is 420 g/mol. The highest BCUT2D eigenvalue weighted by atomic mass is 19.1. The number of halogens is 1. The molecule has 4 nitrogen and oxygen atoms in total. The summed E-state index contributed by atoms with van der Waals surface area (Å²) in [6, 6.07) is 12.0. The first kappa shape index (κ1) is 22.6. The molecule has 0 spiro atoms. The Hall–Kier alpha value is -3.08. The fraction of sp³-hybridized carbons (Fsp3) is 0.346. The number of hydrogen-bond acceptors (Lipinski definition) is 4. The molecule has 2 heterocycles. The summed E-state index contributed by atoms with van der Waals surface area (Å²) in [5, 5.41) is 3.25. The number of aromatic nitrogens is 2. The smallest absolute Gasteiger partial charge is 0.168 e. The van der Waals surface area contributed by atoms with E-state index in [0.29, 0.717) is 23.2 Å². The zero-order chi connectivity index (χ0) is 22.2. The fourth-order valence-electron chi connectivity index (χ4n) is 4.19. The maximum absolute atomic E-state index is 13.6. The molecule has 0 amide bonds. The summed E-state index contributed by atoms with van der Waals surface area (Å²) in [4.78, 5) is 18.8. The summed E-state index contributed by atoms with van der Waals surface area (Å²) in [6.07, 6.45) is 9.94. The first-order valence-electron chi connectivity index (χ1n) is 10.8. The number of aryl methyl sites for hydroxylation is 1. The first-order chi connectivity index (χ1) is 15.0. The van der Waals surface area contributed by atoms with Gasteiger partial charge in [0.05, 0.1) is 17.6 Å². The Balaban J connectivity index is 0.000000176. The quantitative estimate of drug-likeness (QED) is 0.495. The summed E-state index contributed by atoms with van der Waals surface area (Å²) in [5.74, 6) is 1.28. The number of benzene rings is 1. The molecule has 4 rings (SSSR count). The molecule has 31 heavy (non-hydrogen) atoms. The van der Waals surface area contributed by atoms with Gasteiger partial charge >= 0.3 is 0 Å². The van der Waals surface area contributed by atoms with E-state index < -0.39 is 0 Å². The molecule has 1 N–H and O–H groups in total. The third-order valence-corrected chi connectivity index (χ3v) is 5.79. The molecular formula is C26H30FN3O.